The molecule has 0 saturated carbocycles. The first kappa shape index (κ1) is 6.09. The van der Waals surface area contributed by atoms with Crippen molar-refractivity contribution in [3.63, 3.8) is 0 Å². The molecule has 1 unspecified atom stereocenters. The number of piperidine rings is 1. The van der Waals surface area contributed by atoms with E-state index in [-0.39, 0.29) is 0 Å². The molecule has 1 saturated heterocycles. The van der Waals surface area contributed by atoms with E-state index in [2.05, 4.69) is 25.3 Å². The van der Waals surface area contributed by atoms with Crippen molar-refractivity contribution in [1.29, 1.82) is 0 Å². The van der Waals surface area contributed by atoms with Gasteiger partial charge >= 0.3 is 0 Å². The molecular weight excluding hydrogens is 98.1 g/mol. The molecule has 0 aliphatic carbocycles. The second kappa shape index (κ2) is 2.49. The molecular formula is C7H14N. The van der Waals surface area contributed by atoms with Crippen molar-refractivity contribution in [3.8, 4) is 0 Å². The summed E-state index contributed by atoms with van der Waals surface area (Å²) in [6.45, 7) is 3.52. The van der Waals surface area contributed by atoms with Gasteiger partial charge in [0, 0.05) is 6.04 Å². The minimum absolute atomic E-state index is 0.781. The zero-order chi connectivity index (χ0) is 5.98. The molecule has 1 aliphatic rings. The molecule has 1 heteroatoms. The van der Waals surface area contributed by atoms with E-state index in [1.807, 2.05) is 0 Å². The molecule has 0 aromatic rings. The van der Waals surface area contributed by atoms with Gasteiger partial charge in [-0.2, -0.15) is 0 Å². The second-order valence-electron chi connectivity index (χ2n) is 2.64. The molecule has 0 aromatic heterocycles. The maximum absolute atomic E-state index is 2.40. The first-order chi connectivity index (χ1) is 3.80. The highest BCUT2D eigenvalue weighted by Gasteiger charge is 2.12. The van der Waals surface area contributed by atoms with Crippen LogP contribution in [-0.2, 0) is 0 Å². The largest absolute Gasteiger partial charge is 0.304 e. The lowest BCUT2D eigenvalue weighted by Crippen LogP contribution is -2.33. The van der Waals surface area contributed by atoms with Gasteiger partial charge in [-0.1, -0.05) is 0 Å². The van der Waals surface area contributed by atoms with Gasteiger partial charge in [-0.05, 0) is 39.8 Å². The summed E-state index contributed by atoms with van der Waals surface area (Å²) < 4.78 is 0. The SMILES string of the molecule is CC1C[CH]CCN1C. The Hall–Kier alpha value is -0.0400. The molecule has 1 atom stereocenters. The standard InChI is InChI=1S/C7H14N/c1-7-5-3-4-6-8(7)2/h3,7H,4-6H2,1-2H3. The number of hydrogen-bond donors (Lipinski definition) is 0. The van der Waals surface area contributed by atoms with Gasteiger partial charge < -0.3 is 4.90 Å². The number of likely N-dealkylation sites (tertiary alicyclic amines) is 1. The third-order valence-corrected chi connectivity index (χ3v) is 1.95. The summed E-state index contributed by atoms with van der Waals surface area (Å²) in [6, 6.07) is 0.781. The van der Waals surface area contributed by atoms with E-state index in [9.17, 15) is 0 Å². The quantitative estimate of drug-likeness (QED) is 0.456. The average molecular weight is 112 g/mol. The Kier molecular flexibility index (Phi) is 1.90. The van der Waals surface area contributed by atoms with Crippen molar-refractivity contribution in [1.82, 2.24) is 4.90 Å². The first-order valence-electron chi connectivity index (χ1n) is 3.32. The topological polar surface area (TPSA) is 3.24 Å². The summed E-state index contributed by atoms with van der Waals surface area (Å²) in [4.78, 5) is 2.40. The van der Waals surface area contributed by atoms with Crippen LogP contribution in [0.25, 0.3) is 0 Å². The molecule has 0 bridgehead atoms. The highest BCUT2D eigenvalue weighted by molar-refractivity contribution is 4.80. The predicted octanol–water partition coefficient (Wildman–Crippen LogP) is 1.30. The van der Waals surface area contributed by atoms with Crippen LogP contribution in [0.15, 0.2) is 0 Å². The maximum Gasteiger partial charge on any atom is 0.00666 e. The Morgan fingerprint density at radius 1 is 1.62 bits per heavy atom. The Balaban J connectivity index is 2.28. The molecule has 1 radical (unpaired) electrons. The summed E-state index contributed by atoms with van der Waals surface area (Å²) in [6.07, 6.45) is 4.93. The van der Waals surface area contributed by atoms with Gasteiger partial charge in [0.15, 0.2) is 0 Å². The average Bonchev–Trinajstić information content (AvgIpc) is 1.77. The Bertz CT molecular complexity index is 60.8. The van der Waals surface area contributed by atoms with E-state index in [1.54, 1.807) is 0 Å². The fraction of sp³-hybridized carbons (Fsp3) is 0.857. The first-order valence-corrected chi connectivity index (χ1v) is 3.32. The highest BCUT2D eigenvalue weighted by atomic mass is 15.1. The molecule has 47 valence electrons. The maximum atomic E-state index is 2.40. The van der Waals surface area contributed by atoms with E-state index in [1.165, 1.54) is 19.4 Å². The van der Waals surface area contributed by atoms with Gasteiger partial charge in [-0.25, -0.2) is 0 Å². The highest BCUT2D eigenvalue weighted by Crippen LogP contribution is 2.12. The lowest BCUT2D eigenvalue weighted by atomic mass is 10.1. The second-order valence-corrected chi connectivity index (χ2v) is 2.64. The fourth-order valence-corrected chi connectivity index (χ4v) is 1.05. The Morgan fingerprint density at radius 2 is 2.38 bits per heavy atom. The summed E-state index contributed by atoms with van der Waals surface area (Å²) in [7, 11) is 2.19. The molecule has 1 heterocycles. The lowest BCUT2D eigenvalue weighted by molar-refractivity contribution is 0.229. The third-order valence-electron chi connectivity index (χ3n) is 1.95. The van der Waals surface area contributed by atoms with Gasteiger partial charge in [0.1, 0.15) is 0 Å². The fourth-order valence-electron chi connectivity index (χ4n) is 1.05. The molecule has 8 heavy (non-hydrogen) atoms. The van der Waals surface area contributed by atoms with Crippen molar-refractivity contribution in [2.75, 3.05) is 13.6 Å². The van der Waals surface area contributed by atoms with Gasteiger partial charge in [-0.15, -0.1) is 0 Å². The molecule has 1 aliphatic heterocycles. The van der Waals surface area contributed by atoms with Crippen molar-refractivity contribution >= 4 is 0 Å². The van der Waals surface area contributed by atoms with Gasteiger partial charge in [-0.3, -0.25) is 0 Å². The van der Waals surface area contributed by atoms with E-state index < -0.39 is 0 Å². The van der Waals surface area contributed by atoms with Crippen molar-refractivity contribution in [2.24, 2.45) is 0 Å². The number of hydrogen-bond acceptors (Lipinski definition) is 1. The minimum Gasteiger partial charge on any atom is -0.304 e. The summed E-state index contributed by atoms with van der Waals surface area (Å²) >= 11 is 0. The number of rotatable bonds is 0. The molecule has 0 aromatic carbocycles. The van der Waals surface area contributed by atoms with Gasteiger partial charge in [0.2, 0.25) is 0 Å². The number of nitrogens with zero attached hydrogens (tertiary/aromatic N) is 1. The van der Waals surface area contributed by atoms with E-state index in [0.717, 1.165) is 6.04 Å². The molecule has 1 nitrogen and oxygen atoms in total. The predicted molar refractivity (Wildman–Crippen MR) is 35.6 cm³/mol. The van der Waals surface area contributed by atoms with Crippen LogP contribution in [0.2, 0.25) is 0 Å². The smallest absolute Gasteiger partial charge is 0.00666 e. The van der Waals surface area contributed by atoms with Crippen molar-refractivity contribution in [3.05, 3.63) is 6.42 Å². The van der Waals surface area contributed by atoms with Crippen molar-refractivity contribution < 1.29 is 0 Å². The summed E-state index contributed by atoms with van der Waals surface area (Å²) in [5, 5.41) is 0. The van der Waals surface area contributed by atoms with Crippen LogP contribution in [0.4, 0.5) is 0 Å². The lowest BCUT2D eigenvalue weighted by Gasteiger charge is -2.28. The molecule has 0 N–H and O–H groups in total. The van der Waals surface area contributed by atoms with Crippen LogP contribution in [0, 0.1) is 6.42 Å². The minimum atomic E-state index is 0.781. The van der Waals surface area contributed by atoms with Crippen molar-refractivity contribution in [2.45, 2.75) is 25.8 Å². The summed E-state index contributed by atoms with van der Waals surface area (Å²) in [5.41, 5.74) is 0. The van der Waals surface area contributed by atoms with E-state index >= 15 is 0 Å². The summed E-state index contributed by atoms with van der Waals surface area (Å²) in [5.74, 6) is 0. The van der Waals surface area contributed by atoms with Crippen LogP contribution < -0.4 is 0 Å². The molecule has 0 amide bonds. The van der Waals surface area contributed by atoms with E-state index in [0.29, 0.717) is 0 Å². The Labute approximate surface area is 51.7 Å². The van der Waals surface area contributed by atoms with E-state index in [4.69, 9.17) is 0 Å². The monoisotopic (exact) mass is 112 g/mol. The zero-order valence-corrected chi connectivity index (χ0v) is 5.72. The van der Waals surface area contributed by atoms with Crippen LogP contribution in [0.5, 0.6) is 0 Å². The molecule has 0 spiro atoms. The van der Waals surface area contributed by atoms with Gasteiger partial charge in [0.05, 0.1) is 0 Å². The molecule has 1 rings (SSSR count). The third kappa shape index (κ3) is 1.22. The zero-order valence-electron chi connectivity index (χ0n) is 5.72. The van der Waals surface area contributed by atoms with Crippen LogP contribution in [-0.4, -0.2) is 24.5 Å². The van der Waals surface area contributed by atoms with Gasteiger partial charge in [0.25, 0.3) is 0 Å². The van der Waals surface area contributed by atoms with Crippen LogP contribution in [0.1, 0.15) is 19.8 Å². The van der Waals surface area contributed by atoms with Crippen LogP contribution in [0.3, 0.4) is 0 Å². The van der Waals surface area contributed by atoms with Crippen LogP contribution >= 0.6 is 0 Å². The molecule has 1 fully saturated rings. The Morgan fingerprint density at radius 3 is 2.75 bits per heavy atom. The normalized spacial score (nSPS) is 33.0.